The average molecular weight is 260 g/mol. The Kier molecular flexibility index (Phi) is 3.79. The molecule has 100 valence electrons. The minimum absolute atomic E-state index is 0.0178. The van der Waals surface area contributed by atoms with Gasteiger partial charge in [-0.3, -0.25) is 4.79 Å². The first-order valence-electron chi connectivity index (χ1n) is 6.08. The van der Waals surface area contributed by atoms with Gasteiger partial charge >= 0.3 is 0 Å². The fourth-order valence-electron chi connectivity index (χ4n) is 1.77. The molecule has 2 aromatic heterocycles. The quantitative estimate of drug-likeness (QED) is 0.780. The molecule has 0 aliphatic heterocycles. The minimum atomic E-state index is -0.418. The van der Waals surface area contributed by atoms with Crippen molar-refractivity contribution in [1.82, 2.24) is 20.3 Å². The van der Waals surface area contributed by atoms with Crippen molar-refractivity contribution in [3.8, 4) is 5.75 Å². The Morgan fingerprint density at radius 3 is 2.89 bits per heavy atom. The first-order valence-corrected chi connectivity index (χ1v) is 6.08. The number of pyridine rings is 1. The van der Waals surface area contributed by atoms with E-state index >= 15 is 0 Å². The molecule has 19 heavy (non-hydrogen) atoms. The summed E-state index contributed by atoms with van der Waals surface area (Å²) in [5, 5.41) is 12.4. The van der Waals surface area contributed by atoms with Gasteiger partial charge in [0.15, 0.2) is 5.69 Å². The third-order valence-corrected chi connectivity index (χ3v) is 2.77. The number of aromatic nitrogens is 3. The summed E-state index contributed by atoms with van der Waals surface area (Å²) in [5.74, 6) is 0.147. The van der Waals surface area contributed by atoms with E-state index in [1.165, 1.54) is 12.3 Å². The molecule has 0 saturated heterocycles. The molecule has 6 nitrogen and oxygen atoms in total. The van der Waals surface area contributed by atoms with Crippen molar-refractivity contribution >= 4 is 5.91 Å². The van der Waals surface area contributed by atoms with E-state index in [2.05, 4.69) is 20.3 Å². The maximum Gasteiger partial charge on any atom is 0.274 e. The van der Waals surface area contributed by atoms with Crippen LogP contribution in [0, 0.1) is 6.92 Å². The van der Waals surface area contributed by atoms with Gasteiger partial charge in [-0.1, -0.05) is 6.92 Å². The lowest BCUT2D eigenvalue weighted by Crippen LogP contribution is -2.29. The Bertz CT molecular complexity index is 580. The molecule has 0 aliphatic rings. The number of amides is 1. The van der Waals surface area contributed by atoms with E-state index in [0.29, 0.717) is 12.2 Å². The molecule has 0 bridgehead atoms. The normalized spacial score (nSPS) is 12.1. The Labute approximate surface area is 110 Å². The molecule has 0 saturated carbocycles. The number of carbonyl (C=O) groups is 1. The van der Waals surface area contributed by atoms with E-state index in [0.717, 1.165) is 5.69 Å². The van der Waals surface area contributed by atoms with E-state index < -0.39 is 5.91 Å². The van der Waals surface area contributed by atoms with Crippen LogP contribution in [0.4, 0.5) is 0 Å². The highest BCUT2D eigenvalue weighted by molar-refractivity contribution is 5.94. The van der Waals surface area contributed by atoms with Gasteiger partial charge in [0.05, 0.1) is 6.04 Å². The number of aromatic amines is 1. The van der Waals surface area contributed by atoms with E-state index in [9.17, 15) is 9.90 Å². The highest BCUT2D eigenvalue weighted by Crippen LogP contribution is 2.17. The molecular weight excluding hydrogens is 244 g/mol. The molecule has 0 fully saturated rings. The predicted octanol–water partition coefficient (Wildman–Crippen LogP) is 1.70. The van der Waals surface area contributed by atoms with Crippen LogP contribution in [0.1, 0.15) is 41.4 Å². The van der Waals surface area contributed by atoms with Crippen molar-refractivity contribution in [2.24, 2.45) is 0 Å². The van der Waals surface area contributed by atoms with Gasteiger partial charge in [-0.2, -0.15) is 0 Å². The highest BCUT2D eigenvalue weighted by Gasteiger charge is 2.19. The molecule has 0 radical (unpaired) electrons. The molecule has 0 aromatic carbocycles. The monoisotopic (exact) mass is 260 g/mol. The molecule has 2 aromatic rings. The van der Waals surface area contributed by atoms with Gasteiger partial charge in [0.1, 0.15) is 11.6 Å². The summed E-state index contributed by atoms with van der Waals surface area (Å²) < 4.78 is 0. The van der Waals surface area contributed by atoms with E-state index in [-0.39, 0.29) is 17.5 Å². The smallest absolute Gasteiger partial charge is 0.274 e. The lowest BCUT2D eigenvalue weighted by Gasteiger charge is -2.14. The van der Waals surface area contributed by atoms with E-state index in [1.54, 1.807) is 12.3 Å². The van der Waals surface area contributed by atoms with Crippen LogP contribution in [0.25, 0.3) is 0 Å². The number of aromatic hydroxyl groups is 1. The summed E-state index contributed by atoms with van der Waals surface area (Å²) in [7, 11) is 0. The Hall–Kier alpha value is -2.37. The van der Waals surface area contributed by atoms with Crippen LogP contribution in [0.5, 0.6) is 5.75 Å². The standard InChI is InChI=1S/C13H16N4O2/c1-3-9(12-15-7-8(2)16-12)17-13(19)11-10(18)5-4-6-14-11/h4-7,9,18H,3H2,1-2H3,(H,15,16)(H,17,19). The summed E-state index contributed by atoms with van der Waals surface area (Å²) >= 11 is 0. The molecule has 1 atom stereocenters. The lowest BCUT2D eigenvalue weighted by atomic mass is 10.2. The van der Waals surface area contributed by atoms with Crippen LogP contribution in [-0.4, -0.2) is 26.0 Å². The molecule has 3 N–H and O–H groups in total. The van der Waals surface area contributed by atoms with Gasteiger partial charge in [0, 0.05) is 18.1 Å². The van der Waals surface area contributed by atoms with Gasteiger partial charge in [-0.25, -0.2) is 9.97 Å². The van der Waals surface area contributed by atoms with Crippen molar-refractivity contribution in [3.63, 3.8) is 0 Å². The Morgan fingerprint density at radius 2 is 2.32 bits per heavy atom. The van der Waals surface area contributed by atoms with Crippen molar-refractivity contribution < 1.29 is 9.90 Å². The van der Waals surface area contributed by atoms with Crippen LogP contribution in [-0.2, 0) is 0 Å². The Morgan fingerprint density at radius 1 is 1.53 bits per heavy atom. The number of imidazole rings is 1. The van der Waals surface area contributed by atoms with Crippen LogP contribution in [0.3, 0.4) is 0 Å². The van der Waals surface area contributed by atoms with Crippen molar-refractivity contribution in [2.45, 2.75) is 26.3 Å². The first kappa shape index (κ1) is 13.1. The molecule has 1 amide bonds. The van der Waals surface area contributed by atoms with Crippen molar-refractivity contribution in [3.05, 3.63) is 41.7 Å². The maximum atomic E-state index is 12.0. The SMILES string of the molecule is CCC(NC(=O)c1ncccc1O)c1ncc(C)[nH]1. The second-order valence-corrected chi connectivity index (χ2v) is 4.26. The zero-order valence-corrected chi connectivity index (χ0v) is 10.8. The van der Waals surface area contributed by atoms with Gasteiger partial charge < -0.3 is 15.4 Å². The number of aryl methyl sites for hydroxylation is 1. The molecule has 2 heterocycles. The number of H-pyrrole nitrogens is 1. The average Bonchev–Trinajstić information content (AvgIpc) is 2.82. The fourth-order valence-corrected chi connectivity index (χ4v) is 1.77. The molecule has 1 unspecified atom stereocenters. The van der Waals surface area contributed by atoms with Crippen LogP contribution in [0.2, 0.25) is 0 Å². The zero-order chi connectivity index (χ0) is 13.8. The summed E-state index contributed by atoms with van der Waals surface area (Å²) in [5.41, 5.74) is 0.951. The third-order valence-electron chi connectivity index (χ3n) is 2.77. The summed E-state index contributed by atoms with van der Waals surface area (Å²) in [6.45, 7) is 3.84. The van der Waals surface area contributed by atoms with Crippen molar-refractivity contribution in [2.75, 3.05) is 0 Å². The number of hydrogen-bond donors (Lipinski definition) is 3. The van der Waals surface area contributed by atoms with Crippen LogP contribution in [0.15, 0.2) is 24.5 Å². The van der Waals surface area contributed by atoms with E-state index in [4.69, 9.17) is 0 Å². The maximum absolute atomic E-state index is 12.0. The first-order chi connectivity index (χ1) is 9.11. The molecule has 0 spiro atoms. The van der Waals surface area contributed by atoms with Crippen LogP contribution >= 0.6 is 0 Å². The topological polar surface area (TPSA) is 90.9 Å². The van der Waals surface area contributed by atoms with Crippen LogP contribution < -0.4 is 5.32 Å². The molecule has 2 rings (SSSR count). The van der Waals surface area contributed by atoms with E-state index in [1.807, 2.05) is 13.8 Å². The molecule has 0 aliphatic carbocycles. The van der Waals surface area contributed by atoms with Gasteiger partial charge in [-0.15, -0.1) is 0 Å². The summed E-state index contributed by atoms with van der Waals surface area (Å²) in [4.78, 5) is 23.2. The second-order valence-electron chi connectivity index (χ2n) is 4.26. The van der Waals surface area contributed by atoms with Crippen molar-refractivity contribution in [1.29, 1.82) is 0 Å². The molecule has 6 heteroatoms. The lowest BCUT2D eigenvalue weighted by molar-refractivity contribution is 0.0926. The highest BCUT2D eigenvalue weighted by atomic mass is 16.3. The fraction of sp³-hybridized carbons (Fsp3) is 0.308. The summed E-state index contributed by atoms with van der Waals surface area (Å²) in [6.07, 6.45) is 3.86. The van der Waals surface area contributed by atoms with Gasteiger partial charge in [-0.05, 0) is 25.5 Å². The number of rotatable bonds is 4. The Balaban J connectivity index is 2.15. The number of hydrogen-bond acceptors (Lipinski definition) is 4. The largest absolute Gasteiger partial charge is 0.505 e. The number of nitrogens with zero attached hydrogens (tertiary/aromatic N) is 2. The minimum Gasteiger partial charge on any atom is -0.505 e. The number of carbonyl (C=O) groups excluding carboxylic acids is 1. The number of nitrogens with one attached hydrogen (secondary N) is 2. The zero-order valence-electron chi connectivity index (χ0n) is 10.8. The second kappa shape index (κ2) is 5.51. The predicted molar refractivity (Wildman–Crippen MR) is 69.7 cm³/mol. The molecular formula is C13H16N4O2. The third kappa shape index (κ3) is 2.90. The van der Waals surface area contributed by atoms with Gasteiger partial charge in [0.2, 0.25) is 0 Å². The summed E-state index contributed by atoms with van der Waals surface area (Å²) in [6, 6.07) is 2.77. The van der Waals surface area contributed by atoms with Gasteiger partial charge in [0.25, 0.3) is 5.91 Å².